The standard InChI is InChI=1S/C14H16N2O2S/c1-10-7-8-13(12(15)9-10)16-19(17,18)14-6-4-3-5-11(14)2/h3-9,16H,15H2,1-2H3. The fourth-order valence-electron chi connectivity index (χ4n) is 1.83. The number of aryl methyl sites for hydroxylation is 2. The molecule has 2 aromatic rings. The van der Waals surface area contributed by atoms with E-state index in [0.717, 1.165) is 5.56 Å². The fourth-order valence-corrected chi connectivity index (χ4v) is 3.17. The molecule has 0 fully saturated rings. The van der Waals surface area contributed by atoms with E-state index in [-0.39, 0.29) is 4.90 Å². The van der Waals surface area contributed by atoms with Gasteiger partial charge in [-0.3, -0.25) is 4.72 Å². The first kappa shape index (κ1) is 13.4. The van der Waals surface area contributed by atoms with Gasteiger partial charge in [-0.25, -0.2) is 8.42 Å². The predicted octanol–water partition coefficient (Wildman–Crippen LogP) is 2.69. The van der Waals surface area contributed by atoms with Crippen molar-refractivity contribution in [1.29, 1.82) is 0 Å². The molecule has 0 saturated heterocycles. The van der Waals surface area contributed by atoms with E-state index in [2.05, 4.69) is 4.72 Å². The molecule has 0 unspecified atom stereocenters. The molecule has 0 aliphatic heterocycles. The molecule has 100 valence electrons. The minimum Gasteiger partial charge on any atom is -0.397 e. The lowest BCUT2D eigenvalue weighted by Crippen LogP contribution is -2.15. The molecule has 0 amide bonds. The van der Waals surface area contributed by atoms with Crippen molar-refractivity contribution < 1.29 is 8.42 Å². The molecule has 3 N–H and O–H groups in total. The zero-order valence-corrected chi connectivity index (χ0v) is 11.7. The van der Waals surface area contributed by atoms with Gasteiger partial charge >= 0.3 is 0 Å². The summed E-state index contributed by atoms with van der Waals surface area (Å²) in [6, 6.07) is 12.0. The van der Waals surface area contributed by atoms with Crippen molar-refractivity contribution in [3.8, 4) is 0 Å². The van der Waals surface area contributed by atoms with Crippen molar-refractivity contribution in [3.05, 3.63) is 53.6 Å². The van der Waals surface area contributed by atoms with Crippen molar-refractivity contribution >= 4 is 21.4 Å². The fraction of sp³-hybridized carbons (Fsp3) is 0.143. The summed E-state index contributed by atoms with van der Waals surface area (Å²) in [6.45, 7) is 3.66. The van der Waals surface area contributed by atoms with Gasteiger partial charge in [-0.05, 0) is 43.2 Å². The number of nitrogens with one attached hydrogen (secondary N) is 1. The quantitative estimate of drug-likeness (QED) is 0.847. The Labute approximate surface area is 113 Å². The first-order valence-electron chi connectivity index (χ1n) is 5.85. The molecule has 0 aromatic heterocycles. The molecule has 0 aliphatic carbocycles. The maximum absolute atomic E-state index is 12.3. The summed E-state index contributed by atoms with van der Waals surface area (Å²) in [5.74, 6) is 0. The zero-order valence-electron chi connectivity index (χ0n) is 10.8. The first-order chi connectivity index (χ1) is 8.90. The van der Waals surface area contributed by atoms with Crippen LogP contribution in [0.15, 0.2) is 47.4 Å². The maximum atomic E-state index is 12.3. The second kappa shape index (κ2) is 4.93. The Kier molecular flexibility index (Phi) is 3.48. The Hall–Kier alpha value is -2.01. The van der Waals surface area contributed by atoms with Crippen molar-refractivity contribution in [1.82, 2.24) is 0 Å². The Morgan fingerprint density at radius 2 is 1.74 bits per heavy atom. The third-order valence-corrected chi connectivity index (χ3v) is 4.36. The number of sulfonamides is 1. The van der Waals surface area contributed by atoms with Crippen LogP contribution in [0.5, 0.6) is 0 Å². The Morgan fingerprint density at radius 1 is 1.05 bits per heavy atom. The molecule has 0 heterocycles. The van der Waals surface area contributed by atoms with Gasteiger partial charge in [0.25, 0.3) is 10.0 Å². The van der Waals surface area contributed by atoms with Gasteiger partial charge in [0.15, 0.2) is 0 Å². The number of nitrogen functional groups attached to an aromatic ring is 1. The van der Waals surface area contributed by atoms with Gasteiger partial charge in [-0.15, -0.1) is 0 Å². The summed E-state index contributed by atoms with van der Waals surface area (Å²) in [5, 5.41) is 0. The van der Waals surface area contributed by atoms with Gasteiger partial charge in [0.2, 0.25) is 0 Å². The van der Waals surface area contributed by atoms with Crippen molar-refractivity contribution in [3.63, 3.8) is 0 Å². The minimum atomic E-state index is -3.61. The summed E-state index contributed by atoms with van der Waals surface area (Å²) in [7, 11) is -3.61. The molecular weight excluding hydrogens is 260 g/mol. The van der Waals surface area contributed by atoms with Crippen molar-refractivity contribution in [2.24, 2.45) is 0 Å². The lowest BCUT2D eigenvalue weighted by atomic mass is 10.2. The number of rotatable bonds is 3. The smallest absolute Gasteiger partial charge is 0.262 e. The minimum absolute atomic E-state index is 0.259. The molecule has 2 rings (SSSR count). The molecule has 0 spiro atoms. The summed E-state index contributed by atoms with van der Waals surface area (Å²) < 4.78 is 27.1. The molecule has 19 heavy (non-hydrogen) atoms. The Bertz CT molecular complexity index is 709. The van der Waals surface area contributed by atoms with Crippen LogP contribution >= 0.6 is 0 Å². The van der Waals surface area contributed by atoms with Gasteiger partial charge in [0.05, 0.1) is 16.3 Å². The SMILES string of the molecule is Cc1ccc(NS(=O)(=O)c2ccccc2C)c(N)c1. The van der Waals surface area contributed by atoms with Crippen LogP contribution in [0.4, 0.5) is 11.4 Å². The second-order valence-electron chi connectivity index (χ2n) is 4.46. The third kappa shape index (κ3) is 2.88. The highest BCUT2D eigenvalue weighted by Crippen LogP contribution is 2.24. The monoisotopic (exact) mass is 276 g/mol. The highest BCUT2D eigenvalue weighted by Gasteiger charge is 2.17. The van der Waals surface area contributed by atoms with E-state index >= 15 is 0 Å². The van der Waals surface area contributed by atoms with E-state index < -0.39 is 10.0 Å². The van der Waals surface area contributed by atoms with Gasteiger partial charge < -0.3 is 5.73 Å². The predicted molar refractivity (Wildman–Crippen MR) is 77.6 cm³/mol. The largest absolute Gasteiger partial charge is 0.397 e. The molecule has 0 atom stereocenters. The van der Waals surface area contributed by atoms with E-state index in [1.807, 2.05) is 13.0 Å². The highest BCUT2D eigenvalue weighted by molar-refractivity contribution is 7.92. The van der Waals surface area contributed by atoms with Crippen LogP contribution in [0.2, 0.25) is 0 Å². The number of benzene rings is 2. The van der Waals surface area contributed by atoms with Crippen LogP contribution in [0.3, 0.4) is 0 Å². The van der Waals surface area contributed by atoms with E-state index in [1.54, 1.807) is 43.3 Å². The van der Waals surface area contributed by atoms with Crippen molar-refractivity contribution in [2.45, 2.75) is 18.7 Å². The number of hydrogen-bond donors (Lipinski definition) is 2. The lowest BCUT2D eigenvalue weighted by molar-refractivity contribution is 0.600. The topological polar surface area (TPSA) is 72.2 Å². The van der Waals surface area contributed by atoms with Crippen LogP contribution < -0.4 is 10.5 Å². The van der Waals surface area contributed by atoms with Crippen LogP contribution in [-0.2, 0) is 10.0 Å². The number of nitrogens with two attached hydrogens (primary N) is 1. The number of hydrogen-bond acceptors (Lipinski definition) is 3. The summed E-state index contributed by atoms with van der Waals surface area (Å²) in [6.07, 6.45) is 0. The van der Waals surface area contributed by atoms with Crippen LogP contribution in [-0.4, -0.2) is 8.42 Å². The Morgan fingerprint density at radius 3 is 2.37 bits per heavy atom. The third-order valence-electron chi connectivity index (χ3n) is 2.83. The lowest BCUT2D eigenvalue weighted by Gasteiger charge is -2.12. The molecule has 0 radical (unpaired) electrons. The molecule has 0 saturated carbocycles. The van der Waals surface area contributed by atoms with Crippen LogP contribution in [0.1, 0.15) is 11.1 Å². The zero-order chi connectivity index (χ0) is 14.0. The van der Waals surface area contributed by atoms with E-state index in [4.69, 9.17) is 5.73 Å². The van der Waals surface area contributed by atoms with E-state index in [0.29, 0.717) is 16.9 Å². The summed E-state index contributed by atoms with van der Waals surface area (Å²) >= 11 is 0. The van der Waals surface area contributed by atoms with Crippen LogP contribution in [0.25, 0.3) is 0 Å². The highest BCUT2D eigenvalue weighted by atomic mass is 32.2. The van der Waals surface area contributed by atoms with Gasteiger partial charge in [0.1, 0.15) is 0 Å². The van der Waals surface area contributed by atoms with E-state index in [1.165, 1.54) is 0 Å². The number of anilines is 2. The normalized spacial score (nSPS) is 11.3. The average Bonchev–Trinajstić information content (AvgIpc) is 2.33. The Balaban J connectivity index is 2.40. The van der Waals surface area contributed by atoms with Gasteiger partial charge in [-0.1, -0.05) is 24.3 Å². The summed E-state index contributed by atoms with van der Waals surface area (Å²) in [5.41, 5.74) is 8.31. The molecular formula is C14H16N2O2S. The molecule has 5 heteroatoms. The van der Waals surface area contributed by atoms with Crippen molar-refractivity contribution in [2.75, 3.05) is 10.5 Å². The van der Waals surface area contributed by atoms with Crippen LogP contribution in [0, 0.1) is 13.8 Å². The van der Waals surface area contributed by atoms with Gasteiger partial charge in [0, 0.05) is 0 Å². The molecule has 0 aliphatic rings. The maximum Gasteiger partial charge on any atom is 0.262 e. The molecule has 4 nitrogen and oxygen atoms in total. The second-order valence-corrected chi connectivity index (χ2v) is 6.11. The molecule has 2 aromatic carbocycles. The molecule has 0 bridgehead atoms. The van der Waals surface area contributed by atoms with E-state index in [9.17, 15) is 8.42 Å². The average molecular weight is 276 g/mol. The first-order valence-corrected chi connectivity index (χ1v) is 7.33. The van der Waals surface area contributed by atoms with Gasteiger partial charge in [-0.2, -0.15) is 0 Å². The summed E-state index contributed by atoms with van der Waals surface area (Å²) in [4.78, 5) is 0.259.